The second-order valence-corrected chi connectivity index (χ2v) is 3.22. The number of hydrogen-bond acceptors (Lipinski definition) is 1. The lowest BCUT2D eigenvalue weighted by Gasteiger charge is -2.13. The van der Waals surface area contributed by atoms with E-state index in [9.17, 15) is 4.79 Å². The molecule has 1 aromatic rings. The number of carbonyl (C=O) groups is 1. The Bertz CT molecular complexity index is 307. The van der Waals surface area contributed by atoms with Gasteiger partial charge in [-0.2, -0.15) is 0 Å². The molecule has 2 nitrogen and oxygen atoms in total. The zero-order chi connectivity index (χ0) is 9.84. The highest BCUT2D eigenvalue weighted by Crippen LogP contribution is 2.21. The summed E-state index contributed by atoms with van der Waals surface area (Å²) in [5, 5.41) is 0. The molecule has 0 fully saturated rings. The van der Waals surface area contributed by atoms with Crippen LogP contribution in [-0.4, -0.2) is 5.91 Å². The Morgan fingerprint density at radius 3 is 2.54 bits per heavy atom. The van der Waals surface area contributed by atoms with Crippen molar-refractivity contribution in [3.63, 3.8) is 0 Å². The third kappa shape index (κ3) is 2.08. The molecule has 2 heteroatoms. The fourth-order valence-corrected chi connectivity index (χ4v) is 1.55. The zero-order valence-corrected chi connectivity index (χ0v) is 8.08. The molecule has 13 heavy (non-hydrogen) atoms. The molecule has 1 aromatic carbocycles. The molecular formula is C11H15NO. The summed E-state index contributed by atoms with van der Waals surface area (Å²) < 4.78 is 0. The van der Waals surface area contributed by atoms with Gasteiger partial charge in [0, 0.05) is 0 Å². The average molecular weight is 177 g/mol. The van der Waals surface area contributed by atoms with Crippen LogP contribution in [0.15, 0.2) is 24.3 Å². The molecule has 0 saturated heterocycles. The van der Waals surface area contributed by atoms with E-state index in [0.29, 0.717) is 0 Å². The van der Waals surface area contributed by atoms with Gasteiger partial charge in [0.15, 0.2) is 0 Å². The molecule has 0 aliphatic carbocycles. The molecule has 0 heterocycles. The number of aryl methyl sites for hydroxylation is 1. The van der Waals surface area contributed by atoms with Crippen molar-refractivity contribution >= 4 is 5.91 Å². The molecule has 70 valence electrons. The number of carbonyl (C=O) groups excluding carboxylic acids is 1. The summed E-state index contributed by atoms with van der Waals surface area (Å²) in [4.78, 5) is 11.1. The van der Waals surface area contributed by atoms with Gasteiger partial charge in [-0.15, -0.1) is 0 Å². The summed E-state index contributed by atoms with van der Waals surface area (Å²) in [7, 11) is 0. The molecule has 0 saturated carbocycles. The number of amides is 1. The quantitative estimate of drug-likeness (QED) is 0.753. The van der Waals surface area contributed by atoms with Gasteiger partial charge in [0.25, 0.3) is 0 Å². The molecule has 0 spiro atoms. The second-order valence-electron chi connectivity index (χ2n) is 3.22. The van der Waals surface area contributed by atoms with E-state index in [4.69, 9.17) is 5.73 Å². The van der Waals surface area contributed by atoms with E-state index in [1.54, 1.807) is 0 Å². The Balaban J connectivity index is 3.04. The van der Waals surface area contributed by atoms with Gasteiger partial charge in [0.1, 0.15) is 0 Å². The molecule has 1 unspecified atom stereocenters. The van der Waals surface area contributed by atoms with Crippen LogP contribution < -0.4 is 5.73 Å². The Morgan fingerprint density at radius 1 is 1.46 bits per heavy atom. The van der Waals surface area contributed by atoms with E-state index in [1.165, 1.54) is 0 Å². The van der Waals surface area contributed by atoms with E-state index in [2.05, 4.69) is 0 Å². The van der Waals surface area contributed by atoms with Gasteiger partial charge >= 0.3 is 0 Å². The van der Waals surface area contributed by atoms with Crippen molar-refractivity contribution < 1.29 is 4.79 Å². The lowest BCUT2D eigenvalue weighted by Crippen LogP contribution is -2.21. The largest absolute Gasteiger partial charge is 0.369 e. The van der Waals surface area contributed by atoms with Gasteiger partial charge < -0.3 is 5.73 Å². The molecule has 1 atom stereocenters. The van der Waals surface area contributed by atoms with Gasteiger partial charge in [-0.05, 0) is 24.5 Å². The minimum absolute atomic E-state index is 0.138. The zero-order valence-electron chi connectivity index (χ0n) is 8.08. The van der Waals surface area contributed by atoms with Crippen LogP contribution in [0.5, 0.6) is 0 Å². The topological polar surface area (TPSA) is 43.1 Å². The first-order valence-corrected chi connectivity index (χ1v) is 4.51. The predicted molar refractivity (Wildman–Crippen MR) is 53.4 cm³/mol. The molecule has 0 aromatic heterocycles. The number of hydrogen-bond donors (Lipinski definition) is 1. The van der Waals surface area contributed by atoms with Gasteiger partial charge in [0.2, 0.25) is 5.91 Å². The molecular weight excluding hydrogens is 162 g/mol. The maximum atomic E-state index is 11.1. The third-order valence-electron chi connectivity index (χ3n) is 2.32. The Labute approximate surface area is 78.8 Å². The molecule has 0 aliphatic heterocycles. The van der Waals surface area contributed by atoms with Crippen LogP contribution in [0.2, 0.25) is 0 Å². The predicted octanol–water partition coefficient (Wildman–Crippen LogP) is 1.97. The lowest BCUT2D eigenvalue weighted by molar-refractivity contribution is -0.119. The van der Waals surface area contributed by atoms with Crippen LogP contribution in [0, 0.1) is 6.92 Å². The summed E-state index contributed by atoms with van der Waals surface area (Å²) in [5.41, 5.74) is 7.49. The molecule has 1 amide bonds. The second kappa shape index (κ2) is 4.08. The van der Waals surface area contributed by atoms with Crippen molar-refractivity contribution in [1.29, 1.82) is 0 Å². The van der Waals surface area contributed by atoms with Crippen molar-refractivity contribution in [3.05, 3.63) is 35.4 Å². The monoisotopic (exact) mass is 177 g/mol. The normalized spacial score (nSPS) is 12.5. The summed E-state index contributed by atoms with van der Waals surface area (Å²) in [6, 6.07) is 7.87. The lowest BCUT2D eigenvalue weighted by atomic mass is 9.92. The molecule has 0 aliphatic rings. The van der Waals surface area contributed by atoms with E-state index >= 15 is 0 Å². The summed E-state index contributed by atoms with van der Waals surface area (Å²) in [5.74, 6) is -0.377. The van der Waals surface area contributed by atoms with E-state index < -0.39 is 0 Å². The third-order valence-corrected chi connectivity index (χ3v) is 2.32. The summed E-state index contributed by atoms with van der Waals surface area (Å²) in [6.07, 6.45) is 0.764. The first-order valence-electron chi connectivity index (χ1n) is 4.51. The van der Waals surface area contributed by atoms with Crippen LogP contribution in [0.25, 0.3) is 0 Å². The number of primary amides is 1. The van der Waals surface area contributed by atoms with Gasteiger partial charge in [-0.1, -0.05) is 31.2 Å². The Morgan fingerprint density at radius 2 is 2.08 bits per heavy atom. The minimum Gasteiger partial charge on any atom is -0.369 e. The summed E-state index contributed by atoms with van der Waals surface area (Å²) in [6.45, 7) is 3.97. The van der Waals surface area contributed by atoms with Gasteiger partial charge in [-0.3, -0.25) is 4.79 Å². The summed E-state index contributed by atoms with van der Waals surface area (Å²) >= 11 is 0. The first kappa shape index (κ1) is 9.78. The number of rotatable bonds is 3. The smallest absolute Gasteiger partial charge is 0.224 e. The van der Waals surface area contributed by atoms with Crippen molar-refractivity contribution in [1.82, 2.24) is 0 Å². The number of benzene rings is 1. The maximum absolute atomic E-state index is 11.1. The maximum Gasteiger partial charge on any atom is 0.224 e. The van der Waals surface area contributed by atoms with Crippen molar-refractivity contribution in [3.8, 4) is 0 Å². The fraction of sp³-hybridized carbons (Fsp3) is 0.364. The van der Waals surface area contributed by atoms with E-state index in [-0.39, 0.29) is 11.8 Å². The standard InChI is InChI=1S/C11H15NO/c1-3-9(11(12)13)10-7-5-4-6-8(10)2/h4-7,9H,3H2,1-2H3,(H2,12,13). The van der Waals surface area contributed by atoms with Crippen molar-refractivity contribution in [2.75, 3.05) is 0 Å². The van der Waals surface area contributed by atoms with Crippen molar-refractivity contribution in [2.24, 2.45) is 5.73 Å². The van der Waals surface area contributed by atoms with E-state index in [1.807, 2.05) is 38.1 Å². The van der Waals surface area contributed by atoms with Crippen LogP contribution in [0.1, 0.15) is 30.4 Å². The van der Waals surface area contributed by atoms with Crippen LogP contribution in [-0.2, 0) is 4.79 Å². The average Bonchev–Trinajstić information content (AvgIpc) is 2.09. The molecule has 0 radical (unpaired) electrons. The molecule has 1 rings (SSSR count). The minimum atomic E-state index is -0.239. The highest BCUT2D eigenvalue weighted by molar-refractivity contribution is 5.82. The van der Waals surface area contributed by atoms with Crippen LogP contribution in [0.3, 0.4) is 0 Å². The van der Waals surface area contributed by atoms with Crippen LogP contribution in [0.4, 0.5) is 0 Å². The highest BCUT2D eigenvalue weighted by Gasteiger charge is 2.16. The SMILES string of the molecule is CCC(C(N)=O)c1ccccc1C. The van der Waals surface area contributed by atoms with Gasteiger partial charge in [-0.25, -0.2) is 0 Å². The fourth-order valence-electron chi connectivity index (χ4n) is 1.55. The molecule has 0 bridgehead atoms. The van der Waals surface area contributed by atoms with E-state index in [0.717, 1.165) is 17.5 Å². The van der Waals surface area contributed by atoms with Crippen molar-refractivity contribution in [2.45, 2.75) is 26.2 Å². The first-order chi connectivity index (χ1) is 6.16. The highest BCUT2D eigenvalue weighted by atomic mass is 16.1. The van der Waals surface area contributed by atoms with Gasteiger partial charge in [0.05, 0.1) is 5.92 Å². The molecule has 2 N–H and O–H groups in total. The number of nitrogens with two attached hydrogens (primary N) is 1. The Kier molecular flexibility index (Phi) is 3.07. The Hall–Kier alpha value is -1.31. The van der Waals surface area contributed by atoms with Crippen LogP contribution >= 0.6 is 0 Å².